The Morgan fingerprint density at radius 1 is 1.44 bits per heavy atom. The van der Waals surface area contributed by atoms with Crippen molar-refractivity contribution in [1.29, 1.82) is 0 Å². The Labute approximate surface area is 93.9 Å². The summed E-state index contributed by atoms with van der Waals surface area (Å²) in [6, 6.07) is 5.23. The van der Waals surface area contributed by atoms with Crippen molar-refractivity contribution in [2.24, 2.45) is 0 Å². The molecule has 0 aliphatic carbocycles. The predicted octanol–water partition coefficient (Wildman–Crippen LogP) is 2.04. The molecule has 0 saturated carbocycles. The molecule has 4 heteroatoms. The van der Waals surface area contributed by atoms with Gasteiger partial charge >= 0.3 is 0 Å². The van der Waals surface area contributed by atoms with E-state index in [0.717, 1.165) is 11.4 Å². The van der Waals surface area contributed by atoms with Crippen LogP contribution >= 0.6 is 0 Å². The summed E-state index contributed by atoms with van der Waals surface area (Å²) in [6.45, 7) is 2.51. The lowest BCUT2D eigenvalue weighted by atomic mass is 10.2. The third-order valence-electron chi connectivity index (χ3n) is 2.48. The summed E-state index contributed by atoms with van der Waals surface area (Å²) in [6.07, 6.45) is 3.42. The molecule has 0 aliphatic heterocycles. The average molecular weight is 219 g/mol. The number of imidazole rings is 1. The molecule has 0 saturated heterocycles. The largest absolute Gasteiger partial charge is 0.316 e. The van der Waals surface area contributed by atoms with Crippen LogP contribution in [-0.4, -0.2) is 16.6 Å². The summed E-state index contributed by atoms with van der Waals surface area (Å²) in [7, 11) is 1.84. The number of rotatable bonds is 3. The third-order valence-corrected chi connectivity index (χ3v) is 2.48. The van der Waals surface area contributed by atoms with Gasteiger partial charge in [0.05, 0.1) is 5.69 Å². The Morgan fingerprint density at radius 3 is 2.81 bits per heavy atom. The molecule has 84 valence electrons. The van der Waals surface area contributed by atoms with Crippen molar-refractivity contribution in [3.8, 4) is 5.69 Å². The Morgan fingerprint density at radius 2 is 2.25 bits per heavy atom. The molecule has 1 aromatic heterocycles. The maximum Gasteiger partial charge on any atom is 0.147 e. The molecule has 1 N–H and O–H groups in total. The maximum atomic E-state index is 13.8. The zero-order chi connectivity index (χ0) is 11.5. The zero-order valence-electron chi connectivity index (χ0n) is 9.37. The Bertz CT molecular complexity index is 491. The molecule has 16 heavy (non-hydrogen) atoms. The van der Waals surface area contributed by atoms with Gasteiger partial charge in [-0.3, -0.25) is 0 Å². The van der Waals surface area contributed by atoms with Crippen LogP contribution in [0.25, 0.3) is 5.69 Å². The number of hydrogen-bond donors (Lipinski definition) is 1. The highest BCUT2D eigenvalue weighted by Crippen LogP contribution is 2.16. The van der Waals surface area contributed by atoms with Gasteiger partial charge in [0.15, 0.2) is 0 Å². The van der Waals surface area contributed by atoms with E-state index < -0.39 is 0 Å². The van der Waals surface area contributed by atoms with Gasteiger partial charge in [0, 0.05) is 18.9 Å². The highest BCUT2D eigenvalue weighted by atomic mass is 19.1. The molecule has 0 fully saturated rings. The average Bonchev–Trinajstić information content (AvgIpc) is 2.65. The van der Waals surface area contributed by atoms with Crippen LogP contribution in [0.4, 0.5) is 4.39 Å². The van der Waals surface area contributed by atoms with E-state index in [1.807, 2.05) is 20.0 Å². The lowest BCUT2D eigenvalue weighted by Crippen LogP contribution is -2.06. The van der Waals surface area contributed by atoms with Crippen LogP contribution in [0.5, 0.6) is 0 Å². The highest BCUT2D eigenvalue weighted by Gasteiger charge is 2.07. The number of aryl methyl sites for hydroxylation is 1. The van der Waals surface area contributed by atoms with Crippen LogP contribution in [-0.2, 0) is 6.54 Å². The van der Waals surface area contributed by atoms with E-state index in [1.165, 1.54) is 0 Å². The summed E-state index contributed by atoms with van der Waals surface area (Å²) in [5.74, 6) is 0.550. The number of nitrogens with one attached hydrogen (secondary N) is 1. The molecule has 2 rings (SSSR count). The van der Waals surface area contributed by atoms with Crippen molar-refractivity contribution in [2.45, 2.75) is 13.5 Å². The normalized spacial score (nSPS) is 10.7. The monoisotopic (exact) mass is 219 g/mol. The number of benzene rings is 1. The van der Waals surface area contributed by atoms with Crippen LogP contribution in [0.15, 0.2) is 30.6 Å². The molecule has 2 aromatic rings. The van der Waals surface area contributed by atoms with E-state index in [4.69, 9.17) is 0 Å². The first-order valence-electron chi connectivity index (χ1n) is 5.15. The second-order valence-electron chi connectivity index (χ2n) is 3.66. The van der Waals surface area contributed by atoms with Crippen molar-refractivity contribution in [3.05, 3.63) is 47.8 Å². The SMILES string of the molecule is CNCc1ccc(-n2ccnc2C)c(F)c1. The zero-order valence-corrected chi connectivity index (χ0v) is 9.37. The van der Waals surface area contributed by atoms with Crippen molar-refractivity contribution in [2.75, 3.05) is 7.05 Å². The Balaban J connectivity index is 2.40. The van der Waals surface area contributed by atoms with Crippen molar-refractivity contribution in [1.82, 2.24) is 14.9 Å². The molecule has 0 bridgehead atoms. The van der Waals surface area contributed by atoms with Gasteiger partial charge in [0.25, 0.3) is 0 Å². The quantitative estimate of drug-likeness (QED) is 0.856. The van der Waals surface area contributed by atoms with Gasteiger partial charge in [-0.2, -0.15) is 0 Å². The molecule has 0 atom stereocenters. The lowest BCUT2D eigenvalue weighted by Gasteiger charge is -2.08. The topological polar surface area (TPSA) is 29.9 Å². The van der Waals surface area contributed by atoms with E-state index in [2.05, 4.69) is 10.3 Å². The maximum absolute atomic E-state index is 13.8. The summed E-state index contributed by atoms with van der Waals surface area (Å²) < 4.78 is 15.6. The molecular weight excluding hydrogens is 205 g/mol. The van der Waals surface area contributed by atoms with E-state index >= 15 is 0 Å². The van der Waals surface area contributed by atoms with Gasteiger partial charge < -0.3 is 9.88 Å². The van der Waals surface area contributed by atoms with Crippen LogP contribution in [0.2, 0.25) is 0 Å². The van der Waals surface area contributed by atoms with E-state index in [0.29, 0.717) is 12.2 Å². The van der Waals surface area contributed by atoms with Crippen molar-refractivity contribution >= 4 is 0 Å². The first kappa shape index (κ1) is 10.8. The molecule has 1 heterocycles. The molecule has 0 unspecified atom stereocenters. The van der Waals surface area contributed by atoms with Gasteiger partial charge in [0.1, 0.15) is 11.6 Å². The molecular formula is C12H14FN3. The minimum absolute atomic E-state index is 0.228. The van der Waals surface area contributed by atoms with Crippen molar-refractivity contribution < 1.29 is 4.39 Å². The first-order chi connectivity index (χ1) is 7.72. The third kappa shape index (κ3) is 1.97. The molecule has 0 radical (unpaired) electrons. The minimum atomic E-state index is -0.228. The van der Waals surface area contributed by atoms with Crippen molar-refractivity contribution in [3.63, 3.8) is 0 Å². The van der Waals surface area contributed by atoms with Gasteiger partial charge in [-0.25, -0.2) is 9.37 Å². The fraction of sp³-hybridized carbons (Fsp3) is 0.250. The van der Waals surface area contributed by atoms with Crippen LogP contribution < -0.4 is 5.32 Å². The van der Waals surface area contributed by atoms with Gasteiger partial charge in [0.2, 0.25) is 0 Å². The van der Waals surface area contributed by atoms with E-state index in [1.54, 1.807) is 29.1 Å². The lowest BCUT2D eigenvalue weighted by molar-refractivity contribution is 0.612. The summed E-state index contributed by atoms with van der Waals surface area (Å²) >= 11 is 0. The fourth-order valence-electron chi connectivity index (χ4n) is 1.69. The number of hydrogen-bond acceptors (Lipinski definition) is 2. The van der Waals surface area contributed by atoms with E-state index in [9.17, 15) is 4.39 Å². The Kier molecular flexibility index (Phi) is 3.01. The molecule has 1 aromatic carbocycles. The summed E-state index contributed by atoms with van der Waals surface area (Å²) in [5.41, 5.74) is 1.47. The highest BCUT2D eigenvalue weighted by molar-refractivity contribution is 5.37. The van der Waals surface area contributed by atoms with Crippen LogP contribution in [0.1, 0.15) is 11.4 Å². The number of halogens is 1. The molecule has 0 amide bonds. The predicted molar refractivity (Wildman–Crippen MR) is 61.0 cm³/mol. The Hall–Kier alpha value is -1.68. The first-order valence-corrected chi connectivity index (χ1v) is 5.15. The van der Waals surface area contributed by atoms with Crippen LogP contribution in [0, 0.1) is 12.7 Å². The summed E-state index contributed by atoms with van der Waals surface area (Å²) in [4.78, 5) is 4.08. The second-order valence-corrected chi connectivity index (χ2v) is 3.66. The number of aromatic nitrogens is 2. The van der Waals surface area contributed by atoms with Gasteiger partial charge in [-0.1, -0.05) is 6.07 Å². The minimum Gasteiger partial charge on any atom is -0.316 e. The van der Waals surface area contributed by atoms with E-state index in [-0.39, 0.29) is 5.82 Å². The molecule has 0 aliphatic rings. The smallest absolute Gasteiger partial charge is 0.147 e. The second kappa shape index (κ2) is 4.45. The standard InChI is InChI=1S/C12H14FN3/c1-9-15-5-6-16(9)12-4-3-10(8-14-2)7-11(12)13/h3-7,14H,8H2,1-2H3. The summed E-state index contributed by atoms with van der Waals surface area (Å²) in [5, 5.41) is 2.99. The molecule has 0 spiro atoms. The van der Waals surface area contributed by atoms with Crippen LogP contribution in [0.3, 0.4) is 0 Å². The fourth-order valence-corrected chi connectivity index (χ4v) is 1.69. The number of nitrogens with zero attached hydrogens (tertiary/aromatic N) is 2. The van der Waals surface area contributed by atoms with Gasteiger partial charge in [-0.15, -0.1) is 0 Å². The molecule has 3 nitrogen and oxygen atoms in total. The van der Waals surface area contributed by atoms with Gasteiger partial charge in [-0.05, 0) is 31.7 Å².